The molecule has 0 bridgehead atoms. The minimum absolute atomic E-state index is 0.0607. The molecule has 0 atom stereocenters. The van der Waals surface area contributed by atoms with Crippen molar-refractivity contribution in [2.24, 2.45) is 0 Å². The highest BCUT2D eigenvalue weighted by molar-refractivity contribution is 5.77. The Morgan fingerprint density at radius 3 is 2.85 bits per heavy atom. The van der Waals surface area contributed by atoms with Gasteiger partial charge in [-0.15, -0.1) is 0 Å². The highest BCUT2D eigenvalue weighted by atomic mass is 16.5. The van der Waals surface area contributed by atoms with Crippen LogP contribution < -0.4 is 20.5 Å². The fourth-order valence-electron chi connectivity index (χ4n) is 2.51. The molecule has 3 aromatic rings. The van der Waals surface area contributed by atoms with Gasteiger partial charge < -0.3 is 24.9 Å². The second-order valence-corrected chi connectivity index (χ2v) is 5.79. The van der Waals surface area contributed by atoms with Gasteiger partial charge in [-0.25, -0.2) is 4.98 Å². The van der Waals surface area contributed by atoms with Crippen molar-refractivity contribution in [3.8, 4) is 22.8 Å². The topological polar surface area (TPSA) is 90.9 Å². The van der Waals surface area contributed by atoms with Crippen molar-refractivity contribution in [1.82, 2.24) is 14.7 Å². The largest absolute Gasteiger partial charge is 0.491 e. The van der Waals surface area contributed by atoms with Crippen molar-refractivity contribution in [3.05, 3.63) is 42.7 Å². The molecule has 7 heteroatoms. The fraction of sp³-hybridized carbons (Fsp3) is 0.263. The van der Waals surface area contributed by atoms with Crippen LogP contribution in [0.5, 0.6) is 11.5 Å². The molecular weight excluding hydrogens is 332 g/mol. The monoisotopic (exact) mass is 354 g/mol. The molecule has 2 heterocycles. The van der Waals surface area contributed by atoms with E-state index in [-0.39, 0.29) is 12.5 Å². The Kier molecular flexibility index (Phi) is 5.26. The van der Waals surface area contributed by atoms with Crippen LogP contribution in [0.15, 0.2) is 42.7 Å². The van der Waals surface area contributed by atoms with Crippen LogP contribution in [-0.2, 0) is 4.79 Å². The van der Waals surface area contributed by atoms with Gasteiger partial charge >= 0.3 is 0 Å². The van der Waals surface area contributed by atoms with E-state index in [4.69, 9.17) is 15.2 Å². The summed E-state index contributed by atoms with van der Waals surface area (Å²) in [4.78, 5) is 16.0. The van der Waals surface area contributed by atoms with Crippen molar-refractivity contribution in [1.29, 1.82) is 0 Å². The average Bonchev–Trinajstić information content (AvgIpc) is 3.09. The maximum absolute atomic E-state index is 11.4. The van der Waals surface area contributed by atoms with Crippen molar-refractivity contribution < 1.29 is 14.3 Å². The number of aromatic nitrogens is 2. The summed E-state index contributed by atoms with van der Waals surface area (Å²) in [6.07, 6.45) is 4.69. The summed E-state index contributed by atoms with van der Waals surface area (Å²) >= 11 is 0. The van der Waals surface area contributed by atoms with Crippen molar-refractivity contribution in [3.63, 3.8) is 0 Å². The first kappa shape index (κ1) is 17.6. The third-order valence-corrected chi connectivity index (χ3v) is 3.85. The molecule has 0 aliphatic rings. The number of imidazole rings is 1. The third-order valence-electron chi connectivity index (χ3n) is 3.85. The molecule has 1 amide bonds. The molecule has 1 aromatic carbocycles. The van der Waals surface area contributed by atoms with Crippen LogP contribution in [0.4, 0.5) is 5.69 Å². The third kappa shape index (κ3) is 3.72. The highest BCUT2D eigenvalue weighted by Gasteiger charge is 2.11. The second kappa shape index (κ2) is 7.77. The number of hydrogen-bond acceptors (Lipinski definition) is 5. The molecule has 0 aliphatic carbocycles. The summed E-state index contributed by atoms with van der Waals surface area (Å²) in [6, 6.07) is 9.25. The van der Waals surface area contributed by atoms with E-state index in [9.17, 15) is 4.79 Å². The van der Waals surface area contributed by atoms with Gasteiger partial charge in [-0.2, -0.15) is 0 Å². The summed E-state index contributed by atoms with van der Waals surface area (Å²) < 4.78 is 13.0. The predicted molar refractivity (Wildman–Crippen MR) is 100 cm³/mol. The van der Waals surface area contributed by atoms with E-state index in [2.05, 4.69) is 10.3 Å². The highest BCUT2D eigenvalue weighted by Crippen LogP contribution is 2.30. The predicted octanol–water partition coefficient (Wildman–Crippen LogP) is 2.50. The van der Waals surface area contributed by atoms with E-state index in [1.165, 1.54) is 0 Å². The number of nitrogen functional groups attached to an aromatic ring is 1. The van der Waals surface area contributed by atoms with Gasteiger partial charge in [0.2, 0.25) is 0 Å². The smallest absolute Gasteiger partial charge is 0.257 e. The Balaban J connectivity index is 1.89. The first-order valence-corrected chi connectivity index (χ1v) is 8.46. The zero-order valence-electron chi connectivity index (χ0n) is 14.9. The van der Waals surface area contributed by atoms with E-state index in [0.717, 1.165) is 17.7 Å². The van der Waals surface area contributed by atoms with Gasteiger partial charge in [0.1, 0.15) is 5.75 Å². The number of nitrogens with zero attached hydrogens (tertiary/aromatic N) is 2. The number of carbonyl (C=O) groups excluding carboxylic acids is 1. The van der Waals surface area contributed by atoms with E-state index >= 15 is 0 Å². The zero-order chi connectivity index (χ0) is 18.5. The Labute approximate surface area is 151 Å². The number of amides is 1. The molecule has 26 heavy (non-hydrogen) atoms. The number of nitrogens with two attached hydrogens (primary N) is 1. The number of pyridine rings is 1. The normalized spacial score (nSPS) is 10.7. The molecule has 3 rings (SSSR count). The number of likely N-dealkylation sites (N-methyl/N-ethyl adjacent to an activating group) is 1. The van der Waals surface area contributed by atoms with E-state index in [1.807, 2.05) is 48.0 Å². The Morgan fingerprint density at radius 2 is 2.12 bits per heavy atom. The minimum Gasteiger partial charge on any atom is -0.491 e. The van der Waals surface area contributed by atoms with Crippen molar-refractivity contribution in [2.45, 2.75) is 13.3 Å². The number of fused-ring (bicyclic) bond motifs is 1. The molecule has 0 unspecified atom stereocenters. The van der Waals surface area contributed by atoms with Crippen molar-refractivity contribution >= 4 is 17.2 Å². The van der Waals surface area contributed by atoms with Gasteiger partial charge in [0.25, 0.3) is 5.91 Å². The molecule has 0 radical (unpaired) electrons. The van der Waals surface area contributed by atoms with Crippen LogP contribution in [0.3, 0.4) is 0 Å². The van der Waals surface area contributed by atoms with E-state index in [1.54, 1.807) is 13.1 Å². The van der Waals surface area contributed by atoms with Crippen LogP contribution >= 0.6 is 0 Å². The fourth-order valence-corrected chi connectivity index (χ4v) is 2.51. The molecule has 0 saturated carbocycles. The number of benzene rings is 1. The first-order valence-electron chi connectivity index (χ1n) is 8.46. The molecular formula is C19H22N4O3. The van der Waals surface area contributed by atoms with Gasteiger partial charge in [0.05, 0.1) is 18.0 Å². The molecule has 0 spiro atoms. The number of carbonyl (C=O) groups is 1. The molecule has 7 nitrogen and oxygen atoms in total. The van der Waals surface area contributed by atoms with Crippen LogP contribution in [-0.4, -0.2) is 35.6 Å². The summed E-state index contributed by atoms with van der Waals surface area (Å²) in [5.74, 6) is 1.02. The lowest BCUT2D eigenvalue weighted by Crippen LogP contribution is -2.24. The van der Waals surface area contributed by atoms with E-state index in [0.29, 0.717) is 29.4 Å². The molecule has 0 aliphatic heterocycles. The first-order chi connectivity index (χ1) is 12.6. The number of rotatable bonds is 7. The van der Waals surface area contributed by atoms with Crippen LogP contribution in [0.1, 0.15) is 13.3 Å². The molecule has 0 saturated heterocycles. The number of ether oxygens (including phenoxy) is 2. The lowest BCUT2D eigenvalue weighted by atomic mass is 10.1. The lowest BCUT2D eigenvalue weighted by Gasteiger charge is -2.08. The van der Waals surface area contributed by atoms with Gasteiger partial charge in [0, 0.05) is 25.0 Å². The molecule has 2 aromatic heterocycles. The molecule has 3 N–H and O–H groups in total. The maximum atomic E-state index is 11.4. The zero-order valence-corrected chi connectivity index (χ0v) is 14.9. The standard InChI is InChI=1S/C19H22N4O3/c1-3-9-25-16-7-6-13(10-14(16)20)15-11-23-8-4-5-17(19(23)22-15)26-12-18(24)21-2/h4-8,10-11H,3,9,12,20H2,1-2H3,(H,21,24). The van der Waals surface area contributed by atoms with Crippen LogP contribution in [0, 0.1) is 0 Å². The summed E-state index contributed by atoms with van der Waals surface area (Å²) in [5.41, 5.74) is 8.94. The summed E-state index contributed by atoms with van der Waals surface area (Å²) in [5, 5.41) is 2.52. The van der Waals surface area contributed by atoms with Gasteiger partial charge in [0.15, 0.2) is 18.0 Å². The van der Waals surface area contributed by atoms with Gasteiger partial charge in [-0.1, -0.05) is 6.92 Å². The maximum Gasteiger partial charge on any atom is 0.257 e. The number of hydrogen-bond donors (Lipinski definition) is 2. The Morgan fingerprint density at radius 1 is 1.27 bits per heavy atom. The van der Waals surface area contributed by atoms with Crippen LogP contribution in [0.25, 0.3) is 16.9 Å². The summed E-state index contributed by atoms with van der Waals surface area (Å²) in [7, 11) is 1.57. The van der Waals surface area contributed by atoms with Gasteiger partial charge in [-0.05, 0) is 36.8 Å². The minimum atomic E-state index is -0.200. The second-order valence-electron chi connectivity index (χ2n) is 5.79. The lowest BCUT2D eigenvalue weighted by molar-refractivity contribution is -0.122. The Bertz CT molecular complexity index is 920. The van der Waals surface area contributed by atoms with Gasteiger partial charge in [-0.3, -0.25) is 4.79 Å². The number of anilines is 1. The SMILES string of the molecule is CCCOc1ccc(-c2cn3cccc(OCC(=O)NC)c3n2)cc1N. The van der Waals surface area contributed by atoms with E-state index < -0.39 is 0 Å². The van der Waals surface area contributed by atoms with Crippen molar-refractivity contribution in [2.75, 3.05) is 26.0 Å². The van der Waals surface area contributed by atoms with Crippen LogP contribution in [0.2, 0.25) is 0 Å². The quantitative estimate of drug-likeness (QED) is 0.636. The average molecular weight is 354 g/mol. The summed E-state index contributed by atoms with van der Waals surface area (Å²) in [6.45, 7) is 2.61. The molecule has 136 valence electrons. The number of nitrogens with one attached hydrogen (secondary N) is 1. The molecule has 0 fully saturated rings. The Hall–Kier alpha value is -3.22.